The summed E-state index contributed by atoms with van der Waals surface area (Å²) < 4.78 is 5.02. The van der Waals surface area contributed by atoms with Gasteiger partial charge in [0.05, 0.1) is 12.8 Å². The lowest BCUT2D eigenvalue weighted by Gasteiger charge is -2.11. The van der Waals surface area contributed by atoms with Crippen molar-refractivity contribution in [2.24, 2.45) is 0 Å². The molecule has 0 saturated heterocycles. The van der Waals surface area contributed by atoms with E-state index in [1.807, 2.05) is 13.1 Å². The van der Waals surface area contributed by atoms with Crippen LogP contribution in [-0.2, 0) is 11.3 Å². The van der Waals surface area contributed by atoms with Gasteiger partial charge in [0.15, 0.2) is 0 Å². The van der Waals surface area contributed by atoms with Crippen molar-refractivity contribution in [1.29, 1.82) is 0 Å². The van der Waals surface area contributed by atoms with Crippen LogP contribution in [-0.4, -0.2) is 30.0 Å². The molecule has 1 rings (SSSR count). The Balaban J connectivity index is 2.30. The number of methoxy groups -OCH3 is 1. The molecule has 0 unspecified atom stereocenters. The highest BCUT2D eigenvalue weighted by Gasteiger charge is 2.03. The van der Waals surface area contributed by atoms with Gasteiger partial charge in [-0.1, -0.05) is 0 Å². The molecule has 0 fully saturated rings. The number of aromatic amines is 1. The molecule has 0 aliphatic rings. The highest BCUT2D eigenvalue weighted by molar-refractivity contribution is 5.13. The molecule has 4 heteroatoms. The largest absolute Gasteiger partial charge is 0.383 e. The fraction of sp³-hybridized carbons (Fsp3) is 0.667. The third-order valence-corrected chi connectivity index (χ3v) is 1.99. The van der Waals surface area contributed by atoms with Crippen molar-refractivity contribution in [2.45, 2.75) is 26.4 Å². The number of aromatic nitrogens is 2. The van der Waals surface area contributed by atoms with Gasteiger partial charge in [0.25, 0.3) is 0 Å². The minimum absolute atomic E-state index is 0.374. The molecule has 1 heterocycles. The van der Waals surface area contributed by atoms with Crippen LogP contribution >= 0.6 is 0 Å². The van der Waals surface area contributed by atoms with Gasteiger partial charge >= 0.3 is 0 Å². The van der Waals surface area contributed by atoms with Gasteiger partial charge in [-0.15, -0.1) is 0 Å². The van der Waals surface area contributed by atoms with Gasteiger partial charge in [-0.05, 0) is 13.8 Å². The molecule has 0 amide bonds. The maximum atomic E-state index is 5.02. The van der Waals surface area contributed by atoms with Crippen molar-refractivity contribution in [3.05, 3.63) is 17.5 Å². The van der Waals surface area contributed by atoms with Crippen LogP contribution in [0.15, 0.2) is 6.20 Å². The van der Waals surface area contributed by atoms with Crippen LogP contribution in [0.1, 0.15) is 18.2 Å². The summed E-state index contributed by atoms with van der Waals surface area (Å²) in [6, 6.07) is 0.374. The summed E-state index contributed by atoms with van der Waals surface area (Å²) in [6.07, 6.45) is 1.85. The molecular weight excluding hydrogens is 166 g/mol. The van der Waals surface area contributed by atoms with E-state index in [1.165, 1.54) is 5.56 Å². The van der Waals surface area contributed by atoms with Gasteiger partial charge in [-0.3, -0.25) is 5.10 Å². The molecule has 74 valence electrons. The van der Waals surface area contributed by atoms with Crippen LogP contribution in [0.25, 0.3) is 0 Å². The summed E-state index contributed by atoms with van der Waals surface area (Å²) in [5, 5.41) is 10.2. The first kappa shape index (κ1) is 10.2. The number of hydrogen-bond donors (Lipinski definition) is 2. The van der Waals surface area contributed by atoms with Gasteiger partial charge in [0.2, 0.25) is 0 Å². The average molecular weight is 183 g/mol. The van der Waals surface area contributed by atoms with E-state index in [9.17, 15) is 0 Å². The first-order chi connectivity index (χ1) is 6.24. The third-order valence-electron chi connectivity index (χ3n) is 1.99. The van der Waals surface area contributed by atoms with Crippen molar-refractivity contribution < 1.29 is 4.74 Å². The van der Waals surface area contributed by atoms with E-state index in [-0.39, 0.29) is 0 Å². The second-order valence-corrected chi connectivity index (χ2v) is 3.26. The molecular formula is C9H17N3O. The Bertz CT molecular complexity index is 247. The van der Waals surface area contributed by atoms with Gasteiger partial charge in [0.1, 0.15) is 0 Å². The monoisotopic (exact) mass is 183 g/mol. The molecule has 0 spiro atoms. The number of nitrogens with one attached hydrogen (secondary N) is 2. The fourth-order valence-electron chi connectivity index (χ4n) is 1.15. The van der Waals surface area contributed by atoms with E-state index in [0.29, 0.717) is 6.04 Å². The minimum Gasteiger partial charge on any atom is -0.383 e. The molecule has 0 radical (unpaired) electrons. The Morgan fingerprint density at radius 2 is 2.46 bits per heavy atom. The summed E-state index contributed by atoms with van der Waals surface area (Å²) in [7, 11) is 1.71. The Morgan fingerprint density at radius 3 is 3.00 bits per heavy atom. The van der Waals surface area contributed by atoms with Gasteiger partial charge in [-0.25, -0.2) is 0 Å². The number of aryl methyl sites for hydroxylation is 1. The molecule has 1 aromatic rings. The van der Waals surface area contributed by atoms with Crippen molar-refractivity contribution in [3.8, 4) is 0 Å². The summed E-state index contributed by atoms with van der Waals surface area (Å²) in [6.45, 7) is 5.69. The Hall–Kier alpha value is -0.870. The second kappa shape index (κ2) is 4.99. The molecule has 1 atom stereocenters. The van der Waals surface area contributed by atoms with E-state index < -0.39 is 0 Å². The molecule has 13 heavy (non-hydrogen) atoms. The van der Waals surface area contributed by atoms with Crippen LogP contribution in [0.3, 0.4) is 0 Å². The number of H-pyrrole nitrogens is 1. The van der Waals surface area contributed by atoms with Gasteiger partial charge in [0, 0.05) is 31.0 Å². The minimum atomic E-state index is 0.374. The number of hydrogen-bond acceptors (Lipinski definition) is 3. The zero-order valence-corrected chi connectivity index (χ0v) is 8.42. The van der Waals surface area contributed by atoms with E-state index in [2.05, 4.69) is 22.4 Å². The van der Waals surface area contributed by atoms with E-state index in [1.54, 1.807) is 7.11 Å². The van der Waals surface area contributed by atoms with Crippen LogP contribution in [0.2, 0.25) is 0 Å². The van der Waals surface area contributed by atoms with Crippen molar-refractivity contribution in [1.82, 2.24) is 15.5 Å². The zero-order chi connectivity index (χ0) is 9.68. The summed E-state index contributed by atoms with van der Waals surface area (Å²) in [4.78, 5) is 0. The average Bonchev–Trinajstić information content (AvgIpc) is 2.48. The SMILES string of the molecule is COC[C@@H](C)NCc1cn[nH]c1C. The first-order valence-electron chi connectivity index (χ1n) is 4.45. The lowest BCUT2D eigenvalue weighted by atomic mass is 10.2. The van der Waals surface area contributed by atoms with Crippen molar-refractivity contribution in [3.63, 3.8) is 0 Å². The predicted octanol–water partition coefficient (Wildman–Crippen LogP) is 0.843. The lowest BCUT2D eigenvalue weighted by molar-refractivity contribution is 0.171. The molecule has 4 nitrogen and oxygen atoms in total. The number of rotatable bonds is 5. The standard InChI is InChI=1S/C9H17N3O/c1-7(6-13-3)10-4-9-5-11-12-8(9)2/h5,7,10H,4,6H2,1-3H3,(H,11,12)/t7-/m1/s1. The smallest absolute Gasteiger partial charge is 0.0613 e. The molecule has 0 bridgehead atoms. The molecule has 0 aromatic carbocycles. The Kier molecular flexibility index (Phi) is 3.92. The highest BCUT2D eigenvalue weighted by Crippen LogP contribution is 2.01. The maximum absolute atomic E-state index is 5.02. The molecule has 2 N–H and O–H groups in total. The molecule has 1 aromatic heterocycles. The summed E-state index contributed by atoms with van der Waals surface area (Å²) >= 11 is 0. The fourth-order valence-corrected chi connectivity index (χ4v) is 1.15. The van der Waals surface area contributed by atoms with Gasteiger partial charge < -0.3 is 10.1 Å². The van der Waals surface area contributed by atoms with Crippen molar-refractivity contribution >= 4 is 0 Å². The summed E-state index contributed by atoms with van der Waals surface area (Å²) in [5.41, 5.74) is 2.33. The lowest BCUT2D eigenvalue weighted by Crippen LogP contribution is -2.29. The molecule has 0 aliphatic carbocycles. The molecule has 0 aliphatic heterocycles. The van der Waals surface area contributed by atoms with Crippen LogP contribution in [0.4, 0.5) is 0 Å². The van der Waals surface area contributed by atoms with Crippen molar-refractivity contribution in [2.75, 3.05) is 13.7 Å². The van der Waals surface area contributed by atoms with Crippen LogP contribution in [0, 0.1) is 6.92 Å². The molecule has 0 saturated carbocycles. The Labute approximate surface area is 78.7 Å². The highest BCUT2D eigenvalue weighted by atomic mass is 16.5. The first-order valence-corrected chi connectivity index (χ1v) is 4.45. The van der Waals surface area contributed by atoms with Crippen LogP contribution in [0.5, 0.6) is 0 Å². The summed E-state index contributed by atoms with van der Waals surface area (Å²) in [5.74, 6) is 0. The van der Waals surface area contributed by atoms with E-state index >= 15 is 0 Å². The zero-order valence-electron chi connectivity index (χ0n) is 8.42. The van der Waals surface area contributed by atoms with E-state index in [4.69, 9.17) is 4.74 Å². The third kappa shape index (κ3) is 3.16. The quantitative estimate of drug-likeness (QED) is 0.711. The van der Waals surface area contributed by atoms with Gasteiger partial charge in [-0.2, -0.15) is 5.10 Å². The predicted molar refractivity (Wildman–Crippen MR) is 51.5 cm³/mol. The Morgan fingerprint density at radius 1 is 1.69 bits per heavy atom. The van der Waals surface area contributed by atoms with Crippen LogP contribution < -0.4 is 5.32 Å². The maximum Gasteiger partial charge on any atom is 0.0613 e. The number of nitrogens with zero attached hydrogens (tertiary/aromatic N) is 1. The number of ether oxygens (including phenoxy) is 1. The van der Waals surface area contributed by atoms with E-state index in [0.717, 1.165) is 18.8 Å². The normalized spacial score (nSPS) is 13.2. The topological polar surface area (TPSA) is 49.9 Å². The second-order valence-electron chi connectivity index (χ2n) is 3.26.